The van der Waals surface area contributed by atoms with Gasteiger partial charge in [0.25, 0.3) is 0 Å². The molecule has 2 rings (SSSR count). The van der Waals surface area contributed by atoms with E-state index >= 15 is 0 Å². The van der Waals surface area contributed by atoms with Crippen molar-refractivity contribution in [2.75, 3.05) is 31.1 Å². The molecule has 16 heavy (non-hydrogen) atoms. The third-order valence-corrected chi connectivity index (χ3v) is 2.44. The standard InChI is InChI=1S/C10H13N5O/c11-5-8-1-2-13-10(14-8)15-3-4-16-9(6-12)7-15/h1-2,9H,3-4,6-7,12H2. The Morgan fingerprint density at radius 1 is 1.69 bits per heavy atom. The molecule has 1 saturated heterocycles. The summed E-state index contributed by atoms with van der Waals surface area (Å²) in [6.45, 7) is 2.49. The summed E-state index contributed by atoms with van der Waals surface area (Å²) in [5, 5.41) is 8.76. The Bertz CT molecular complexity index is 402. The topological polar surface area (TPSA) is 88.1 Å². The lowest BCUT2D eigenvalue weighted by Crippen LogP contribution is -2.46. The average Bonchev–Trinajstić information content (AvgIpc) is 2.39. The van der Waals surface area contributed by atoms with Crippen LogP contribution in [0.5, 0.6) is 0 Å². The Balaban J connectivity index is 2.14. The van der Waals surface area contributed by atoms with Gasteiger partial charge in [-0.15, -0.1) is 0 Å². The van der Waals surface area contributed by atoms with Crippen LogP contribution in [0.4, 0.5) is 5.95 Å². The number of nitrogens with zero attached hydrogens (tertiary/aromatic N) is 4. The molecule has 0 radical (unpaired) electrons. The SMILES string of the molecule is N#Cc1ccnc(N2CCOC(CN)C2)n1. The normalized spacial score (nSPS) is 20.5. The molecule has 1 unspecified atom stereocenters. The number of rotatable bonds is 2. The zero-order valence-electron chi connectivity index (χ0n) is 8.83. The third kappa shape index (κ3) is 2.27. The average molecular weight is 219 g/mol. The van der Waals surface area contributed by atoms with Gasteiger partial charge in [0, 0.05) is 25.8 Å². The van der Waals surface area contributed by atoms with Crippen LogP contribution in [-0.4, -0.2) is 42.3 Å². The number of morpholine rings is 1. The van der Waals surface area contributed by atoms with E-state index in [2.05, 4.69) is 9.97 Å². The summed E-state index contributed by atoms with van der Waals surface area (Å²) in [4.78, 5) is 10.3. The molecule has 0 spiro atoms. The van der Waals surface area contributed by atoms with Gasteiger partial charge in [-0.3, -0.25) is 0 Å². The first-order valence-electron chi connectivity index (χ1n) is 5.13. The van der Waals surface area contributed by atoms with E-state index in [9.17, 15) is 0 Å². The number of nitriles is 1. The lowest BCUT2D eigenvalue weighted by molar-refractivity contribution is 0.0460. The largest absolute Gasteiger partial charge is 0.373 e. The minimum absolute atomic E-state index is 0.0168. The number of hydrogen-bond acceptors (Lipinski definition) is 6. The summed E-state index contributed by atoms with van der Waals surface area (Å²) >= 11 is 0. The predicted molar refractivity (Wildman–Crippen MR) is 57.8 cm³/mol. The van der Waals surface area contributed by atoms with Gasteiger partial charge in [-0.25, -0.2) is 9.97 Å². The Labute approximate surface area is 93.7 Å². The molecule has 0 saturated carbocycles. The molecule has 1 aromatic heterocycles. The zero-order chi connectivity index (χ0) is 11.4. The van der Waals surface area contributed by atoms with Crippen LogP contribution in [0.15, 0.2) is 12.3 Å². The van der Waals surface area contributed by atoms with Crippen molar-refractivity contribution >= 4 is 5.95 Å². The fraction of sp³-hybridized carbons (Fsp3) is 0.500. The molecule has 84 valence electrons. The molecule has 0 amide bonds. The highest BCUT2D eigenvalue weighted by atomic mass is 16.5. The highest BCUT2D eigenvalue weighted by Crippen LogP contribution is 2.12. The van der Waals surface area contributed by atoms with Gasteiger partial charge in [-0.2, -0.15) is 5.26 Å². The molecule has 0 bridgehead atoms. The van der Waals surface area contributed by atoms with Crippen molar-refractivity contribution in [2.45, 2.75) is 6.10 Å². The van der Waals surface area contributed by atoms with Crippen LogP contribution in [0.3, 0.4) is 0 Å². The second-order valence-electron chi connectivity index (χ2n) is 3.53. The van der Waals surface area contributed by atoms with Crippen LogP contribution in [0.25, 0.3) is 0 Å². The molecular formula is C10H13N5O. The minimum atomic E-state index is 0.0168. The van der Waals surface area contributed by atoms with Crippen molar-refractivity contribution in [1.29, 1.82) is 5.26 Å². The Kier molecular flexibility index (Phi) is 3.29. The van der Waals surface area contributed by atoms with Crippen molar-refractivity contribution in [3.05, 3.63) is 18.0 Å². The Hall–Kier alpha value is -1.71. The van der Waals surface area contributed by atoms with E-state index in [1.807, 2.05) is 11.0 Å². The van der Waals surface area contributed by atoms with E-state index in [1.54, 1.807) is 12.3 Å². The summed E-state index contributed by atoms with van der Waals surface area (Å²) < 4.78 is 5.45. The molecule has 1 fully saturated rings. The molecule has 6 nitrogen and oxygen atoms in total. The van der Waals surface area contributed by atoms with E-state index in [0.717, 1.165) is 6.54 Å². The van der Waals surface area contributed by atoms with E-state index in [1.165, 1.54) is 0 Å². The molecule has 0 aliphatic carbocycles. The number of ether oxygens (including phenoxy) is 1. The quantitative estimate of drug-likeness (QED) is 0.722. The van der Waals surface area contributed by atoms with Crippen LogP contribution >= 0.6 is 0 Å². The van der Waals surface area contributed by atoms with Gasteiger partial charge in [-0.1, -0.05) is 0 Å². The van der Waals surface area contributed by atoms with Crippen molar-refractivity contribution in [3.8, 4) is 6.07 Å². The van der Waals surface area contributed by atoms with Gasteiger partial charge < -0.3 is 15.4 Å². The van der Waals surface area contributed by atoms with Crippen LogP contribution in [0, 0.1) is 11.3 Å². The maximum Gasteiger partial charge on any atom is 0.226 e. The van der Waals surface area contributed by atoms with E-state index in [4.69, 9.17) is 15.7 Å². The molecule has 1 atom stereocenters. The second-order valence-corrected chi connectivity index (χ2v) is 3.53. The fourth-order valence-electron chi connectivity index (χ4n) is 1.61. The summed E-state index contributed by atoms with van der Waals surface area (Å²) in [5.74, 6) is 0.570. The Morgan fingerprint density at radius 3 is 3.31 bits per heavy atom. The molecule has 1 aromatic rings. The van der Waals surface area contributed by atoms with Crippen LogP contribution in [0.2, 0.25) is 0 Å². The molecule has 1 aliphatic heterocycles. The lowest BCUT2D eigenvalue weighted by Gasteiger charge is -2.32. The smallest absolute Gasteiger partial charge is 0.226 e. The highest BCUT2D eigenvalue weighted by Gasteiger charge is 2.21. The molecular weight excluding hydrogens is 206 g/mol. The molecule has 2 N–H and O–H groups in total. The number of nitrogens with two attached hydrogens (primary N) is 1. The zero-order valence-corrected chi connectivity index (χ0v) is 8.83. The van der Waals surface area contributed by atoms with Crippen molar-refractivity contribution < 1.29 is 4.74 Å². The Morgan fingerprint density at radius 2 is 2.56 bits per heavy atom. The van der Waals surface area contributed by atoms with Gasteiger partial charge in [0.1, 0.15) is 11.8 Å². The van der Waals surface area contributed by atoms with Crippen LogP contribution in [0.1, 0.15) is 5.69 Å². The predicted octanol–water partition coefficient (Wildman–Crippen LogP) is -0.488. The van der Waals surface area contributed by atoms with Gasteiger partial charge in [0.2, 0.25) is 5.95 Å². The van der Waals surface area contributed by atoms with Crippen molar-refractivity contribution in [1.82, 2.24) is 9.97 Å². The first kappa shape index (κ1) is 10.8. The van der Waals surface area contributed by atoms with Crippen molar-refractivity contribution in [3.63, 3.8) is 0 Å². The van der Waals surface area contributed by atoms with Crippen LogP contribution < -0.4 is 10.6 Å². The molecule has 1 aliphatic rings. The van der Waals surface area contributed by atoms with Gasteiger partial charge in [0.05, 0.1) is 12.7 Å². The number of hydrogen-bond donors (Lipinski definition) is 1. The summed E-state index contributed by atoms with van der Waals surface area (Å²) in [5.41, 5.74) is 5.93. The first-order chi connectivity index (χ1) is 7.83. The van der Waals surface area contributed by atoms with Gasteiger partial charge >= 0.3 is 0 Å². The molecule has 2 heterocycles. The highest BCUT2D eigenvalue weighted by molar-refractivity contribution is 5.34. The van der Waals surface area contributed by atoms with Gasteiger partial charge in [-0.05, 0) is 6.07 Å². The van der Waals surface area contributed by atoms with Gasteiger partial charge in [0.15, 0.2) is 0 Å². The summed E-state index contributed by atoms with van der Waals surface area (Å²) in [6, 6.07) is 3.59. The number of aromatic nitrogens is 2. The fourth-order valence-corrected chi connectivity index (χ4v) is 1.61. The van der Waals surface area contributed by atoms with E-state index in [-0.39, 0.29) is 6.10 Å². The van der Waals surface area contributed by atoms with E-state index < -0.39 is 0 Å². The maximum atomic E-state index is 8.76. The number of anilines is 1. The second kappa shape index (κ2) is 4.88. The summed E-state index contributed by atoms with van der Waals surface area (Å²) in [7, 11) is 0. The third-order valence-electron chi connectivity index (χ3n) is 2.44. The monoisotopic (exact) mass is 219 g/mol. The van der Waals surface area contributed by atoms with Crippen LogP contribution in [-0.2, 0) is 4.74 Å². The lowest BCUT2D eigenvalue weighted by atomic mass is 10.3. The maximum absolute atomic E-state index is 8.76. The van der Waals surface area contributed by atoms with Crippen molar-refractivity contribution in [2.24, 2.45) is 5.73 Å². The summed E-state index contributed by atoms with van der Waals surface area (Å²) in [6.07, 6.45) is 1.61. The molecule has 0 aromatic carbocycles. The van der Waals surface area contributed by atoms with E-state index in [0.29, 0.717) is 31.3 Å². The first-order valence-corrected chi connectivity index (χ1v) is 5.13. The minimum Gasteiger partial charge on any atom is -0.373 e. The molecule has 6 heteroatoms.